The van der Waals surface area contributed by atoms with Crippen LogP contribution in [0.5, 0.6) is 0 Å². The molecule has 0 spiro atoms. The Morgan fingerprint density at radius 3 is 0.750 bits per heavy atom. The van der Waals surface area contributed by atoms with Crippen LogP contribution in [0.2, 0.25) is 0 Å². The fourth-order valence-electron chi connectivity index (χ4n) is 0. The third-order valence-corrected chi connectivity index (χ3v) is 2.25. The maximum atomic E-state index is 10.1. The standard InChI is InChI=1S/2C4H9NO.2C3H7NO.C3H8O.C2H7N.C2H6O/c2*1-4(6)5(2)3;2*1-3(5)4-2;1-3-4-2;2*1-3-2/h2*1-3H3;2*1-2H3,(H,4,5);3H2,1-2H3;3H,1-2H3;1-2H3. The molecule has 11 heteroatoms. The molecule has 0 aromatic carbocycles. The van der Waals surface area contributed by atoms with Crippen molar-refractivity contribution in [3.8, 4) is 0 Å². The molecular weight excluding hydrogens is 418 g/mol. The highest BCUT2D eigenvalue weighted by Crippen LogP contribution is 1.70. The summed E-state index contributed by atoms with van der Waals surface area (Å²) in [5.41, 5.74) is 0. The zero-order valence-electron chi connectivity index (χ0n) is 23.6. The molecule has 0 saturated carbocycles. The van der Waals surface area contributed by atoms with Crippen LogP contribution in [-0.2, 0) is 28.7 Å². The summed E-state index contributed by atoms with van der Waals surface area (Å²) in [7, 11) is 18.8. The highest BCUT2D eigenvalue weighted by molar-refractivity contribution is 5.73. The van der Waals surface area contributed by atoms with Crippen LogP contribution in [0.25, 0.3) is 0 Å². The second kappa shape index (κ2) is 46.8. The summed E-state index contributed by atoms with van der Waals surface area (Å²) in [4.78, 5) is 42.6. The third-order valence-electron chi connectivity index (χ3n) is 2.25. The van der Waals surface area contributed by atoms with E-state index in [9.17, 15) is 19.2 Å². The van der Waals surface area contributed by atoms with Gasteiger partial charge in [-0.05, 0) is 21.0 Å². The van der Waals surface area contributed by atoms with E-state index in [0.29, 0.717) is 0 Å². The summed E-state index contributed by atoms with van der Waals surface area (Å²) >= 11 is 0. The predicted octanol–water partition coefficient (Wildman–Crippen LogP) is 0.445. The molecule has 4 amide bonds. The molecular formula is C21H53N5O6. The van der Waals surface area contributed by atoms with Gasteiger partial charge in [0.1, 0.15) is 0 Å². The van der Waals surface area contributed by atoms with E-state index in [2.05, 4.69) is 25.4 Å². The van der Waals surface area contributed by atoms with Gasteiger partial charge in [-0.1, -0.05) is 0 Å². The van der Waals surface area contributed by atoms with E-state index < -0.39 is 0 Å². The zero-order chi connectivity index (χ0) is 27.7. The molecule has 0 aromatic rings. The van der Waals surface area contributed by atoms with Crippen molar-refractivity contribution in [1.29, 1.82) is 0 Å². The van der Waals surface area contributed by atoms with E-state index in [4.69, 9.17) is 0 Å². The predicted molar refractivity (Wildman–Crippen MR) is 134 cm³/mol. The van der Waals surface area contributed by atoms with Crippen LogP contribution < -0.4 is 16.0 Å². The fourth-order valence-corrected chi connectivity index (χ4v) is 0. The van der Waals surface area contributed by atoms with Gasteiger partial charge in [0.05, 0.1) is 0 Å². The Morgan fingerprint density at radius 1 is 0.656 bits per heavy atom. The molecule has 0 atom stereocenters. The lowest BCUT2D eigenvalue weighted by molar-refractivity contribution is -0.127. The summed E-state index contributed by atoms with van der Waals surface area (Å²) < 4.78 is 8.79. The number of nitrogens with one attached hydrogen (secondary N) is 3. The van der Waals surface area contributed by atoms with Gasteiger partial charge in [-0.15, -0.1) is 0 Å². The van der Waals surface area contributed by atoms with Crippen molar-refractivity contribution in [2.75, 3.05) is 84.3 Å². The van der Waals surface area contributed by atoms with Gasteiger partial charge in [0.25, 0.3) is 0 Å². The van der Waals surface area contributed by atoms with Crippen molar-refractivity contribution in [2.45, 2.75) is 34.6 Å². The SMILES string of the molecule is CC(=O)N(C)C.CC(=O)N(C)C.CCOC.CNC.CNC(C)=O.CNC(C)=O.COC. The summed E-state index contributed by atoms with van der Waals surface area (Å²) in [5.74, 6) is 0.194. The third kappa shape index (κ3) is 172. The second-order valence-electron chi connectivity index (χ2n) is 5.92. The molecule has 3 N–H and O–H groups in total. The van der Waals surface area contributed by atoms with Crippen LogP contribution in [0.3, 0.4) is 0 Å². The zero-order valence-corrected chi connectivity index (χ0v) is 23.6. The lowest BCUT2D eigenvalue weighted by Gasteiger charge is -2.02. The molecule has 0 bridgehead atoms. The molecule has 198 valence electrons. The minimum atomic E-state index is 0.00463. The molecule has 0 aliphatic carbocycles. The van der Waals surface area contributed by atoms with Crippen LogP contribution in [0, 0.1) is 0 Å². The van der Waals surface area contributed by atoms with Gasteiger partial charge in [-0.25, -0.2) is 0 Å². The van der Waals surface area contributed by atoms with E-state index in [0.717, 1.165) is 6.61 Å². The van der Waals surface area contributed by atoms with Crippen molar-refractivity contribution in [3.05, 3.63) is 0 Å². The number of carbonyl (C=O) groups excluding carboxylic acids is 4. The summed E-state index contributed by atoms with van der Waals surface area (Å²) in [5, 5.41) is 7.53. The second-order valence-corrected chi connectivity index (χ2v) is 5.92. The van der Waals surface area contributed by atoms with Crippen LogP contribution >= 0.6 is 0 Å². The molecule has 0 unspecified atom stereocenters. The smallest absolute Gasteiger partial charge is 0.218 e. The maximum Gasteiger partial charge on any atom is 0.218 e. The monoisotopic (exact) mass is 471 g/mol. The van der Waals surface area contributed by atoms with E-state index >= 15 is 0 Å². The number of methoxy groups -OCH3 is 2. The maximum absolute atomic E-state index is 10.1. The van der Waals surface area contributed by atoms with Gasteiger partial charge >= 0.3 is 0 Å². The summed E-state index contributed by atoms with van der Waals surface area (Å²) in [6.07, 6.45) is 0. The Balaban J connectivity index is -0.0000000463. The van der Waals surface area contributed by atoms with Gasteiger partial charge in [0.2, 0.25) is 23.6 Å². The Morgan fingerprint density at radius 2 is 0.750 bits per heavy atom. The highest BCUT2D eigenvalue weighted by Gasteiger charge is 1.88. The first-order valence-corrected chi connectivity index (χ1v) is 9.77. The molecule has 0 fully saturated rings. The first-order chi connectivity index (χ1) is 14.6. The molecule has 0 rings (SSSR count). The Bertz CT molecular complexity index is 357. The number of ether oxygens (including phenoxy) is 2. The number of hydrogen-bond donors (Lipinski definition) is 3. The van der Waals surface area contributed by atoms with Crippen LogP contribution in [0.4, 0.5) is 0 Å². The Kier molecular flexibility index (Phi) is 69.5. The topological polar surface area (TPSA) is 129 Å². The molecule has 0 aliphatic rings. The molecule has 0 saturated heterocycles. The molecule has 0 radical (unpaired) electrons. The van der Waals surface area contributed by atoms with Crippen LogP contribution in [-0.4, -0.2) is 118 Å². The summed E-state index contributed by atoms with van der Waals surface area (Å²) in [6.45, 7) is 8.78. The molecule has 32 heavy (non-hydrogen) atoms. The summed E-state index contributed by atoms with van der Waals surface area (Å²) in [6, 6.07) is 0. The van der Waals surface area contributed by atoms with Gasteiger partial charge < -0.3 is 35.2 Å². The average molecular weight is 472 g/mol. The quantitative estimate of drug-likeness (QED) is 0.506. The largest absolute Gasteiger partial charge is 0.388 e. The Hall–Kier alpha value is -2.24. The van der Waals surface area contributed by atoms with Gasteiger partial charge in [-0.3, -0.25) is 19.2 Å². The first-order valence-electron chi connectivity index (χ1n) is 9.77. The van der Waals surface area contributed by atoms with Gasteiger partial charge in [-0.2, -0.15) is 0 Å². The molecule has 0 aliphatic heterocycles. The van der Waals surface area contributed by atoms with E-state index in [1.165, 1.54) is 37.5 Å². The van der Waals surface area contributed by atoms with Crippen LogP contribution in [0.1, 0.15) is 34.6 Å². The molecule has 0 aromatic heterocycles. The minimum absolute atomic E-state index is 0.00463. The lowest BCUT2D eigenvalue weighted by Crippen LogP contribution is -2.17. The van der Waals surface area contributed by atoms with E-state index in [1.807, 2.05) is 21.0 Å². The van der Waals surface area contributed by atoms with Crippen molar-refractivity contribution in [2.24, 2.45) is 0 Å². The van der Waals surface area contributed by atoms with Crippen molar-refractivity contribution >= 4 is 23.6 Å². The van der Waals surface area contributed by atoms with Crippen molar-refractivity contribution < 1.29 is 28.7 Å². The van der Waals surface area contributed by atoms with Crippen LogP contribution in [0.15, 0.2) is 0 Å². The number of hydrogen-bond acceptors (Lipinski definition) is 7. The van der Waals surface area contributed by atoms with E-state index in [-0.39, 0.29) is 23.6 Å². The van der Waals surface area contributed by atoms with Gasteiger partial charge in [0.15, 0.2) is 0 Å². The minimum Gasteiger partial charge on any atom is -0.388 e. The highest BCUT2D eigenvalue weighted by atomic mass is 16.5. The van der Waals surface area contributed by atoms with Crippen molar-refractivity contribution in [1.82, 2.24) is 25.8 Å². The van der Waals surface area contributed by atoms with E-state index in [1.54, 1.807) is 63.6 Å². The molecule has 0 heterocycles. The Labute approximate surface area is 197 Å². The number of amides is 4. The van der Waals surface area contributed by atoms with Gasteiger partial charge in [0, 0.05) is 97.9 Å². The first kappa shape index (κ1) is 47.5. The normalized spacial score (nSPS) is 7.12. The molecule has 11 nitrogen and oxygen atoms in total. The number of rotatable bonds is 1. The lowest BCUT2D eigenvalue weighted by atomic mass is 10.7. The number of carbonyl (C=O) groups is 4. The average Bonchev–Trinajstić information content (AvgIpc) is 2.70. The van der Waals surface area contributed by atoms with Crippen molar-refractivity contribution in [3.63, 3.8) is 0 Å². The number of nitrogens with zero attached hydrogens (tertiary/aromatic N) is 2. The fraction of sp³-hybridized carbons (Fsp3) is 0.810.